The minimum absolute atomic E-state index is 0. The summed E-state index contributed by atoms with van der Waals surface area (Å²) in [6.07, 6.45) is 10.0. The molecule has 0 fully saturated rings. The molecule has 0 amide bonds. The summed E-state index contributed by atoms with van der Waals surface area (Å²) in [6.45, 7) is 6.90. The molecule has 4 nitrogen and oxygen atoms in total. The van der Waals surface area contributed by atoms with Crippen molar-refractivity contribution >= 4 is 34.8 Å². The van der Waals surface area contributed by atoms with Gasteiger partial charge >= 0.3 is 19.5 Å². The average Bonchev–Trinajstić information content (AvgIpc) is 2.21. The number of hydrogen-bond acceptors (Lipinski definition) is 4. The molecule has 0 unspecified atom stereocenters. The first-order chi connectivity index (χ1) is 8.73. The van der Waals surface area contributed by atoms with E-state index in [0.717, 1.165) is 5.92 Å². The standard InChI is InChI=1S/C11H24.2CH3NOS.Zn/c1-4-5-6-7-8-9-10-11(2)3;2*2-1(3)4;/h11H,4-10H2,1-3H3;2*(H3,2,3,4);/q;;;+2/p-2. The van der Waals surface area contributed by atoms with Gasteiger partial charge in [-0.1, -0.05) is 90.2 Å². The minimum atomic E-state index is -0.750. The maximum Gasteiger partial charge on any atom is 2.00 e. The Morgan fingerprint density at radius 2 is 1.20 bits per heavy atom. The maximum absolute atomic E-state index is 9.04. The van der Waals surface area contributed by atoms with Crippen molar-refractivity contribution in [2.24, 2.45) is 17.4 Å². The van der Waals surface area contributed by atoms with Crippen LogP contribution in [0.1, 0.15) is 65.7 Å². The van der Waals surface area contributed by atoms with Crippen LogP contribution < -0.4 is 21.7 Å². The monoisotopic (exact) mass is 372 g/mol. The van der Waals surface area contributed by atoms with Crippen molar-refractivity contribution in [1.82, 2.24) is 0 Å². The van der Waals surface area contributed by atoms with Gasteiger partial charge in [-0.05, 0) is 5.92 Å². The number of nitrogens with two attached hydrogens (primary N) is 2. The molecule has 7 heteroatoms. The molecule has 0 aliphatic heterocycles. The second-order valence-corrected chi connectivity index (χ2v) is 5.39. The van der Waals surface area contributed by atoms with E-state index in [4.69, 9.17) is 10.2 Å². The van der Waals surface area contributed by atoms with Crippen molar-refractivity contribution in [1.29, 1.82) is 0 Å². The first-order valence-electron chi connectivity index (χ1n) is 6.66. The largest absolute Gasteiger partial charge is 2.00 e. The van der Waals surface area contributed by atoms with Crippen molar-refractivity contribution in [3.05, 3.63) is 0 Å². The molecular formula is C13H28N2O2S2Zn. The summed E-state index contributed by atoms with van der Waals surface area (Å²) in [7, 11) is 0. The molecular weight excluding hydrogens is 346 g/mol. The molecule has 0 aromatic carbocycles. The molecule has 0 spiro atoms. The summed E-state index contributed by atoms with van der Waals surface area (Å²) in [4.78, 5) is 0. The third kappa shape index (κ3) is 81.3. The van der Waals surface area contributed by atoms with E-state index in [1.165, 1.54) is 44.9 Å². The Labute approximate surface area is 147 Å². The van der Waals surface area contributed by atoms with Crippen LogP contribution in [-0.2, 0) is 19.5 Å². The SMILES string of the molecule is CCCCCCCCC(C)C.NC([O-])=S.NC([O-])=S.[Zn+2]. The molecule has 0 aliphatic rings. The van der Waals surface area contributed by atoms with E-state index in [0.29, 0.717) is 0 Å². The van der Waals surface area contributed by atoms with E-state index in [9.17, 15) is 0 Å². The molecule has 4 N–H and O–H groups in total. The molecule has 20 heavy (non-hydrogen) atoms. The van der Waals surface area contributed by atoms with Gasteiger partial charge in [-0.15, -0.1) is 0 Å². The van der Waals surface area contributed by atoms with E-state index in [1.54, 1.807) is 0 Å². The molecule has 0 aliphatic carbocycles. The molecule has 0 rings (SSSR count). The molecule has 0 aromatic heterocycles. The van der Waals surface area contributed by atoms with Crippen molar-refractivity contribution in [3.63, 3.8) is 0 Å². The molecule has 0 saturated heterocycles. The summed E-state index contributed by atoms with van der Waals surface area (Å²) in [6, 6.07) is 0. The summed E-state index contributed by atoms with van der Waals surface area (Å²) < 4.78 is 0. The van der Waals surface area contributed by atoms with Crippen LogP contribution in [0.3, 0.4) is 0 Å². The Morgan fingerprint density at radius 3 is 1.50 bits per heavy atom. The Kier molecular flexibility index (Phi) is 33.9. The van der Waals surface area contributed by atoms with Crippen LogP contribution in [0, 0.1) is 5.92 Å². The first-order valence-corrected chi connectivity index (χ1v) is 7.48. The quantitative estimate of drug-likeness (QED) is 0.399. The average molecular weight is 374 g/mol. The van der Waals surface area contributed by atoms with Crippen LogP contribution in [0.5, 0.6) is 0 Å². The number of unbranched alkanes of at least 4 members (excludes halogenated alkanes) is 5. The fourth-order valence-corrected chi connectivity index (χ4v) is 1.33. The first kappa shape index (κ1) is 28.2. The molecule has 116 valence electrons. The van der Waals surface area contributed by atoms with Gasteiger partial charge < -0.3 is 21.7 Å². The third-order valence-electron chi connectivity index (χ3n) is 2.14. The number of rotatable bonds is 7. The van der Waals surface area contributed by atoms with Crippen molar-refractivity contribution in [2.45, 2.75) is 65.7 Å². The van der Waals surface area contributed by atoms with Gasteiger partial charge in [0.05, 0.1) is 0 Å². The van der Waals surface area contributed by atoms with Gasteiger partial charge in [0.2, 0.25) is 0 Å². The fourth-order valence-electron chi connectivity index (χ4n) is 1.33. The van der Waals surface area contributed by atoms with Crippen molar-refractivity contribution in [2.75, 3.05) is 0 Å². The van der Waals surface area contributed by atoms with E-state index in [-0.39, 0.29) is 19.5 Å². The van der Waals surface area contributed by atoms with Crippen LogP contribution in [0.15, 0.2) is 0 Å². The molecule has 0 heterocycles. The summed E-state index contributed by atoms with van der Waals surface area (Å²) >= 11 is 7.52. The second-order valence-electron chi connectivity index (χ2n) is 4.59. The van der Waals surface area contributed by atoms with E-state index in [1.807, 2.05) is 0 Å². The Morgan fingerprint density at radius 1 is 0.900 bits per heavy atom. The fraction of sp³-hybridized carbons (Fsp3) is 0.846. The smallest absolute Gasteiger partial charge is 0.852 e. The minimum Gasteiger partial charge on any atom is -0.852 e. The number of thiocarbonyl (C=S) groups is 2. The van der Waals surface area contributed by atoms with Gasteiger partial charge in [0.1, 0.15) is 0 Å². The van der Waals surface area contributed by atoms with E-state index in [2.05, 4.69) is 56.7 Å². The number of hydrogen-bond donors (Lipinski definition) is 2. The van der Waals surface area contributed by atoms with Gasteiger partial charge in [-0.2, -0.15) is 0 Å². The molecule has 0 atom stereocenters. The second kappa shape index (κ2) is 24.1. The van der Waals surface area contributed by atoms with Crippen molar-refractivity contribution in [3.8, 4) is 0 Å². The van der Waals surface area contributed by atoms with Gasteiger partial charge in [0.25, 0.3) is 0 Å². The summed E-state index contributed by atoms with van der Waals surface area (Å²) in [5.74, 6) is 0.904. The molecule has 0 radical (unpaired) electrons. The Hall–Kier alpha value is 0.00338. The summed E-state index contributed by atoms with van der Waals surface area (Å²) in [5, 5.41) is 16.6. The van der Waals surface area contributed by atoms with E-state index >= 15 is 0 Å². The van der Waals surface area contributed by atoms with Crippen LogP contribution in [0.4, 0.5) is 0 Å². The van der Waals surface area contributed by atoms with Crippen LogP contribution in [0.2, 0.25) is 0 Å². The Bertz CT molecular complexity index is 199. The van der Waals surface area contributed by atoms with E-state index < -0.39 is 10.3 Å². The zero-order valence-corrected chi connectivity index (χ0v) is 17.6. The van der Waals surface area contributed by atoms with Gasteiger partial charge in [0, 0.05) is 10.3 Å². The Balaban J connectivity index is -0.000000119. The van der Waals surface area contributed by atoms with Gasteiger partial charge in [-0.25, -0.2) is 0 Å². The summed E-state index contributed by atoms with van der Waals surface area (Å²) in [5.41, 5.74) is 8.57. The topological polar surface area (TPSA) is 98.2 Å². The molecule has 0 bridgehead atoms. The molecule has 0 aromatic rings. The van der Waals surface area contributed by atoms with Gasteiger partial charge in [-0.3, -0.25) is 0 Å². The predicted octanol–water partition coefficient (Wildman–Crippen LogP) is 1.57. The molecule has 0 saturated carbocycles. The van der Waals surface area contributed by atoms with Crippen molar-refractivity contribution < 1.29 is 29.7 Å². The maximum atomic E-state index is 9.04. The van der Waals surface area contributed by atoms with Crippen LogP contribution in [0.25, 0.3) is 0 Å². The van der Waals surface area contributed by atoms with Crippen LogP contribution >= 0.6 is 24.4 Å². The predicted molar refractivity (Wildman–Crippen MR) is 86.4 cm³/mol. The zero-order chi connectivity index (χ0) is 15.7. The zero-order valence-electron chi connectivity index (χ0n) is 13.0. The normalized spacial score (nSPS) is 8.40. The van der Waals surface area contributed by atoms with Gasteiger partial charge in [0.15, 0.2) is 0 Å². The van der Waals surface area contributed by atoms with Crippen LogP contribution in [-0.4, -0.2) is 10.3 Å². The third-order valence-corrected chi connectivity index (χ3v) is 2.14.